The molecule has 0 saturated carbocycles. The molecule has 8 heteroatoms. The molecular weight excluding hydrogens is 427 g/mol. The molecule has 1 N–H and O–H groups in total. The molecule has 2 aromatic carbocycles. The Morgan fingerprint density at radius 3 is 2.57 bits per heavy atom. The van der Waals surface area contributed by atoms with Crippen LogP contribution in [0, 0.1) is 6.92 Å². The average molecular weight is 447 g/mol. The minimum Gasteiger partial charge on any atom is -0.462 e. The molecule has 0 unspecified atom stereocenters. The third kappa shape index (κ3) is 4.50. The molecule has 0 aliphatic carbocycles. The van der Waals surface area contributed by atoms with Crippen LogP contribution in [0.25, 0.3) is 0 Å². The fourth-order valence-electron chi connectivity index (χ4n) is 2.96. The van der Waals surface area contributed by atoms with E-state index < -0.39 is 17.8 Å². The Kier molecular flexibility index (Phi) is 6.80. The molecule has 30 heavy (non-hydrogen) atoms. The highest BCUT2D eigenvalue weighted by Gasteiger charge is 2.39. The van der Waals surface area contributed by atoms with E-state index in [1.54, 1.807) is 49.4 Å². The molecule has 0 radical (unpaired) electrons. The second kappa shape index (κ2) is 9.32. The summed E-state index contributed by atoms with van der Waals surface area (Å²) in [7, 11) is 0. The normalized spacial score (nSPS) is 13.8. The number of rotatable bonds is 7. The molecule has 0 saturated heterocycles. The Labute approximate surface area is 184 Å². The highest BCUT2D eigenvalue weighted by atomic mass is 35.5. The van der Waals surface area contributed by atoms with Gasteiger partial charge in [-0.25, -0.2) is 9.69 Å². The van der Waals surface area contributed by atoms with Gasteiger partial charge in [0.1, 0.15) is 10.7 Å². The van der Waals surface area contributed by atoms with Gasteiger partial charge in [0.25, 0.3) is 11.8 Å². The topological polar surface area (TPSA) is 75.7 Å². The zero-order chi connectivity index (χ0) is 21.8. The number of aryl methyl sites for hydroxylation is 1. The summed E-state index contributed by atoms with van der Waals surface area (Å²) in [6.45, 7) is 4.09. The van der Waals surface area contributed by atoms with Gasteiger partial charge in [0.05, 0.1) is 17.9 Å². The molecular formula is C22H20Cl2N2O4. The summed E-state index contributed by atoms with van der Waals surface area (Å²) in [6.07, 6.45) is 1.70. The first kappa shape index (κ1) is 21.9. The SMILES string of the molecule is CCCCOC(=O)c1cccc(NC2=C(Cl)C(=O)N(c3ccc(Cl)cc3C)C2=O)c1. The van der Waals surface area contributed by atoms with Gasteiger partial charge in [-0.2, -0.15) is 0 Å². The zero-order valence-electron chi connectivity index (χ0n) is 16.5. The van der Waals surface area contributed by atoms with E-state index >= 15 is 0 Å². The lowest BCUT2D eigenvalue weighted by Crippen LogP contribution is -2.32. The van der Waals surface area contributed by atoms with Crippen molar-refractivity contribution in [1.29, 1.82) is 0 Å². The number of nitrogens with one attached hydrogen (secondary N) is 1. The number of unbranched alkanes of at least 4 members (excludes halogenated alkanes) is 1. The fourth-order valence-corrected chi connectivity index (χ4v) is 3.40. The predicted molar refractivity (Wildman–Crippen MR) is 117 cm³/mol. The Bertz CT molecular complexity index is 1050. The van der Waals surface area contributed by atoms with Crippen molar-refractivity contribution in [2.45, 2.75) is 26.7 Å². The van der Waals surface area contributed by atoms with Gasteiger partial charge in [-0.3, -0.25) is 9.59 Å². The first-order chi connectivity index (χ1) is 14.3. The largest absolute Gasteiger partial charge is 0.462 e. The predicted octanol–water partition coefficient (Wildman–Crippen LogP) is 5.04. The molecule has 0 aromatic heterocycles. The number of nitrogens with zero attached hydrogens (tertiary/aromatic N) is 1. The van der Waals surface area contributed by atoms with E-state index in [1.165, 1.54) is 0 Å². The van der Waals surface area contributed by atoms with Gasteiger partial charge >= 0.3 is 5.97 Å². The quantitative estimate of drug-likeness (QED) is 0.366. The number of hydrogen-bond acceptors (Lipinski definition) is 5. The summed E-state index contributed by atoms with van der Waals surface area (Å²) in [4.78, 5) is 38.7. The van der Waals surface area contributed by atoms with Gasteiger partial charge in [0.15, 0.2) is 0 Å². The molecule has 3 rings (SSSR count). The molecule has 0 spiro atoms. The summed E-state index contributed by atoms with van der Waals surface area (Å²) >= 11 is 12.1. The second-order valence-electron chi connectivity index (χ2n) is 6.76. The number of esters is 1. The van der Waals surface area contributed by atoms with Crippen LogP contribution in [-0.4, -0.2) is 24.4 Å². The molecule has 1 aliphatic rings. The molecule has 1 heterocycles. The standard InChI is InChI=1S/C22H20Cl2N2O4/c1-3-4-10-30-22(29)14-6-5-7-16(12-14)25-19-18(24)20(27)26(21(19)28)17-9-8-15(23)11-13(17)2/h5-9,11-12,25H,3-4,10H2,1-2H3. The van der Waals surface area contributed by atoms with Crippen molar-refractivity contribution in [3.05, 3.63) is 69.3 Å². The number of carbonyl (C=O) groups excluding carboxylic acids is 3. The van der Waals surface area contributed by atoms with Crippen LogP contribution in [-0.2, 0) is 14.3 Å². The molecule has 2 aromatic rings. The summed E-state index contributed by atoms with van der Waals surface area (Å²) in [6, 6.07) is 11.3. The van der Waals surface area contributed by atoms with Crippen molar-refractivity contribution in [3.63, 3.8) is 0 Å². The lowest BCUT2D eigenvalue weighted by Gasteiger charge is -2.17. The number of imide groups is 1. The maximum Gasteiger partial charge on any atom is 0.338 e. The maximum atomic E-state index is 12.9. The average Bonchev–Trinajstić information content (AvgIpc) is 2.92. The van der Waals surface area contributed by atoms with Crippen LogP contribution in [0.15, 0.2) is 53.2 Å². The number of halogens is 2. The van der Waals surface area contributed by atoms with Gasteiger partial charge in [0, 0.05) is 10.7 Å². The van der Waals surface area contributed by atoms with Gasteiger partial charge in [0.2, 0.25) is 0 Å². The second-order valence-corrected chi connectivity index (χ2v) is 7.58. The minimum atomic E-state index is -0.635. The van der Waals surface area contributed by atoms with Crippen LogP contribution < -0.4 is 10.2 Å². The van der Waals surface area contributed by atoms with E-state index in [0.717, 1.165) is 17.7 Å². The molecule has 6 nitrogen and oxygen atoms in total. The van der Waals surface area contributed by atoms with Gasteiger partial charge in [-0.1, -0.05) is 42.6 Å². The Morgan fingerprint density at radius 2 is 1.87 bits per heavy atom. The maximum absolute atomic E-state index is 12.9. The number of anilines is 2. The van der Waals surface area contributed by atoms with E-state index in [2.05, 4.69) is 5.32 Å². The van der Waals surface area contributed by atoms with Gasteiger partial charge in [-0.15, -0.1) is 0 Å². The highest BCUT2D eigenvalue weighted by molar-refractivity contribution is 6.53. The summed E-state index contributed by atoms with van der Waals surface area (Å²) in [5.41, 5.74) is 1.76. The van der Waals surface area contributed by atoms with E-state index in [1.807, 2.05) is 6.92 Å². The van der Waals surface area contributed by atoms with Crippen LogP contribution in [0.3, 0.4) is 0 Å². The van der Waals surface area contributed by atoms with Crippen molar-refractivity contribution in [1.82, 2.24) is 0 Å². The van der Waals surface area contributed by atoms with Crippen LogP contribution >= 0.6 is 23.2 Å². The molecule has 0 atom stereocenters. The molecule has 0 bridgehead atoms. The summed E-state index contributed by atoms with van der Waals surface area (Å²) < 4.78 is 5.21. The lowest BCUT2D eigenvalue weighted by molar-refractivity contribution is -0.120. The van der Waals surface area contributed by atoms with E-state index in [0.29, 0.717) is 34.1 Å². The number of amides is 2. The van der Waals surface area contributed by atoms with Crippen LogP contribution in [0.5, 0.6) is 0 Å². The molecule has 0 fully saturated rings. The summed E-state index contributed by atoms with van der Waals surface area (Å²) in [5.74, 6) is -1.68. The monoisotopic (exact) mass is 446 g/mol. The van der Waals surface area contributed by atoms with Crippen molar-refractivity contribution in [2.24, 2.45) is 0 Å². The first-order valence-electron chi connectivity index (χ1n) is 9.42. The minimum absolute atomic E-state index is 0.0625. The summed E-state index contributed by atoms with van der Waals surface area (Å²) in [5, 5.41) is 3.13. The van der Waals surface area contributed by atoms with Crippen molar-refractivity contribution in [2.75, 3.05) is 16.8 Å². The van der Waals surface area contributed by atoms with E-state index in [4.69, 9.17) is 27.9 Å². The lowest BCUT2D eigenvalue weighted by atomic mass is 10.2. The first-order valence-corrected chi connectivity index (χ1v) is 10.2. The van der Waals surface area contributed by atoms with Crippen LogP contribution in [0.4, 0.5) is 11.4 Å². The molecule has 2 amide bonds. The van der Waals surface area contributed by atoms with Gasteiger partial charge < -0.3 is 10.1 Å². The number of carbonyl (C=O) groups is 3. The highest BCUT2D eigenvalue weighted by Crippen LogP contribution is 2.33. The molecule has 156 valence electrons. The number of benzene rings is 2. The zero-order valence-corrected chi connectivity index (χ0v) is 18.0. The molecule has 1 aliphatic heterocycles. The Balaban J connectivity index is 1.81. The smallest absolute Gasteiger partial charge is 0.338 e. The van der Waals surface area contributed by atoms with Crippen LogP contribution in [0.2, 0.25) is 5.02 Å². The van der Waals surface area contributed by atoms with Crippen molar-refractivity contribution < 1.29 is 19.1 Å². The number of hydrogen-bond donors (Lipinski definition) is 1. The third-order valence-corrected chi connectivity index (χ3v) is 5.11. The van der Waals surface area contributed by atoms with E-state index in [9.17, 15) is 14.4 Å². The van der Waals surface area contributed by atoms with Crippen LogP contribution in [0.1, 0.15) is 35.7 Å². The Hall–Kier alpha value is -2.83. The number of ether oxygens (including phenoxy) is 1. The Morgan fingerprint density at radius 1 is 1.10 bits per heavy atom. The van der Waals surface area contributed by atoms with E-state index in [-0.39, 0.29) is 10.7 Å². The van der Waals surface area contributed by atoms with Crippen molar-refractivity contribution >= 4 is 52.4 Å². The van der Waals surface area contributed by atoms with Crippen molar-refractivity contribution in [3.8, 4) is 0 Å². The third-order valence-electron chi connectivity index (χ3n) is 4.53. The van der Waals surface area contributed by atoms with Gasteiger partial charge in [-0.05, 0) is 55.3 Å². The fraction of sp³-hybridized carbons (Fsp3) is 0.227.